The largest absolute Gasteiger partial charge is 0.481 e. The van der Waals surface area contributed by atoms with Crippen molar-refractivity contribution in [2.24, 2.45) is 5.92 Å². The van der Waals surface area contributed by atoms with Gasteiger partial charge in [0.2, 0.25) is 0 Å². The highest BCUT2D eigenvalue weighted by molar-refractivity contribution is 5.88. The summed E-state index contributed by atoms with van der Waals surface area (Å²) < 4.78 is 0. The Labute approximate surface area is 92.8 Å². The van der Waals surface area contributed by atoms with E-state index in [0.29, 0.717) is 12.1 Å². The van der Waals surface area contributed by atoms with Crippen LogP contribution in [0.1, 0.15) is 29.4 Å². The number of carboxylic acid groups (broad SMARTS) is 2. The summed E-state index contributed by atoms with van der Waals surface area (Å²) in [6, 6.07) is 3.02. The fourth-order valence-electron chi connectivity index (χ4n) is 1.50. The molecular formula is C11H13NO4. The number of nitrogens with zero attached hydrogens (tertiary/aromatic N) is 1. The average molecular weight is 223 g/mol. The minimum atomic E-state index is -1.04. The number of carboxylic acids is 2. The molecule has 0 amide bonds. The highest BCUT2D eigenvalue weighted by Gasteiger charge is 2.15. The van der Waals surface area contributed by atoms with Crippen LogP contribution in [0.15, 0.2) is 18.3 Å². The first kappa shape index (κ1) is 12.2. The molecule has 0 aliphatic rings. The standard InChI is InChI=1S/C11H13NO4/c1-7(6-10(13)14)5-9-8(11(15)16)3-2-4-12-9/h2-4,7H,5-6H2,1H3,(H,13,14)(H,15,16)/t7-/m0/s1. The van der Waals surface area contributed by atoms with Crippen molar-refractivity contribution in [1.82, 2.24) is 4.98 Å². The first-order valence-corrected chi connectivity index (χ1v) is 4.89. The van der Waals surface area contributed by atoms with Crippen LogP contribution in [-0.2, 0) is 11.2 Å². The molecule has 1 rings (SSSR count). The lowest BCUT2D eigenvalue weighted by molar-refractivity contribution is -0.137. The van der Waals surface area contributed by atoms with E-state index in [1.54, 1.807) is 13.0 Å². The molecule has 5 heteroatoms. The fraction of sp³-hybridized carbons (Fsp3) is 0.364. The average Bonchev–Trinajstić information content (AvgIpc) is 2.16. The summed E-state index contributed by atoms with van der Waals surface area (Å²) >= 11 is 0. The Morgan fingerprint density at radius 3 is 2.69 bits per heavy atom. The smallest absolute Gasteiger partial charge is 0.337 e. The molecular weight excluding hydrogens is 210 g/mol. The van der Waals surface area contributed by atoms with Crippen molar-refractivity contribution in [2.45, 2.75) is 19.8 Å². The van der Waals surface area contributed by atoms with Crippen LogP contribution in [0.4, 0.5) is 0 Å². The molecule has 1 heterocycles. The Morgan fingerprint density at radius 1 is 1.44 bits per heavy atom. The predicted molar refractivity (Wildman–Crippen MR) is 56.3 cm³/mol. The van der Waals surface area contributed by atoms with Crippen LogP contribution in [0.2, 0.25) is 0 Å². The molecule has 86 valence electrons. The molecule has 0 aliphatic carbocycles. The first-order chi connectivity index (χ1) is 7.50. The summed E-state index contributed by atoms with van der Waals surface area (Å²) in [4.78, 5) is 25.3. The van der Waals surface area contributed by atoms with Crippen molar-refractivity contribution in [1.29, 1.82) is 0 Å². The Balaban J connectivity index is 2.80. The van der Waals surface area contributed by atoms with E-state index in [9.17, 15) is 9.59 Å². The third-order valence-electron chi connectivity index (χ3n) is 2.19. The van der Waals surface area contributed by atoms with Gasteiger partial charge in [-0.3, -0.25) is 9.78 Å². The zero-order chi connectivity index (χ0) is 12.1. The van der Waals surface area contributed by atoms with Crippen LogP contribution in [0.3, 0.4) is 0 Å². The molecule has 0 saturated carbocycles. The maximum Gasteiger partial charge on any atom is 0.337 e. The van der Waals surface area contributed by atoms with Crippen molar-refractivity contribution < 1.29 is 19.8 Å². The first-order valence-electron chi connectivity index (χ1n) is 4.89. The van der Waals surface area contributed by atoms with Crippen molar-refractivity contribution in [2.75, 3.05) is 0 Å². The van der Waals surface area contributed by atoms with Gasteiger partial charge in [-0.05, 0) is 24.5 Å². The van der Waals surface area contributed by atoms with E-state index in [4.69, 9.17) is 10.2 Å². The molecule has 0 aromatic carbocycles. The lowest BCUT2D eigenvalue weighted by Gasteiger charge is -2.09. The van der Waals surface area contributed by atoms with Crippen molar-refractivity contribution >= 4 is 11.9 Å². The molecule has 5 nitrogen and oxygen atoms in total. The van der Waals surface area contributed by atoms with Gasteiger partial charge in [-0.1, -0.05) is 6.92 Å². The maximum absolute atomic E-state index is 10.9. The summed E-state index contributed by atoms with van der Waals surface area (Å²) in [5.74, 6) is -2.06. The normalized spacial score (nSPS) is 12.1. The fourth-order valence-corrected chi connectivity index (χ4v) is 1.50. The Morgan fingerprint density at radius 2 is 2.12 bits per heavy atom. The second kappa shape index (κ2) is 5.25. The van der Waals surface area contributed by atoms with Crippen LogP contribution in [-0.4, -0.2) is 27.1 Å². The zero-order valence-corrected chi connectivity index (χ0v) is 8.88. The highest BCUT2D eigenvalue weighted by atomic mass is 16.4. The molecule has 1 aromatic heterocycles. The number of hydrogen-bond acceptors (Lipinski definition) is 3. The molecule has 1 atom stereocenters. The number of pyridine rings is 1. The molecule has 0 saturated heterocycles. The Kier molecular flexibility index (Phi) is 3.99. The summed E-state index contributed by atoms with van der Waals surface area (Å²) in [6.45, 7) is 1.76. The zero-order valence-electron chi connectivity index (χ0n) is 8.88. The van der Waals surface area contributed by atoms with Gasteiger partial charge < -0.3 is 10.2 Å². The minimum absolute atomic E-state index is 0.00956. The molecule has 0 fully saturated rings. The minimum Gasteiger partial charge on any atom is -0.481 e. The monoisotopic (exact) mass is 223 g/mol. The topological polar surface area (TPSA) is 87.5 Å². The number of aliphatic carboxylic acids is 1. The molecule has 0 radical (unpaired) electrons. The number of carbonyl (C=O) groups is 2. The number of aromatic carboxylic acids is 1. The second-order valence-electron chi connectivity index (χ2n) is 3.71. The van der Waals surface area contributed by atoms with Crippen molar-refractivity contribution in [3.8, 4) is 0 Å². The van der Waals surface area contributed by atoms with Crippen molar-refractivity contribution in [3.63, 3.8) is 0 Å². The summed E-state index contributed by atoms with van der Waals surface area (Å²) in [5, 5.41) is 17.5. The molecule has 0 bridgehead atoms. The van der Waals surface area contributed by atoms with E-state index in [-0.39, 0.29) is 17.9 Å². The van der Waals surface area contributed by atoms with Crippen LogP contribution in [0.5, 0.6) is 0 Å². The SMILES string of the molecule is C[C@H](CC(=O)O)Cc1ncccc1C(=O)O. The summed E-state index contributed by atoms with van der Waals surface area (Å²) in [7, 11) is 0. The quantitative estimate of drug-likeness (QED) is 0.788. The van der Waals surface area contributed by atoms with Gasteiger partial charge in [0, 0.05) is 12.6 Å². The van der Waals surface area contributed by atoms with E-state index in [1.165, 1.54) is 12.3 Å². The van der Waals surface area contributed by atoms with Crippen LogP contribution >= 0.6 is 0 Å². The molecule has 0 aliphatic heterocycles. The Bertz CT molecular complexity index is 403. The highest BCUT2D eigenvalue weighted by Crippen LogP contribution is 2.13. The van der Waals surface area contributed by atoms with Crippen molar-refractivity contribution in [3.05, 3.63) is 29.6 Å². The lowest BCUT2D eigenvalue weighted by atomic mass is 9.99. The molecule has 1 aromatic rings. The van der Waals surface area contributed by atoms with E-state index in [1.807, 2.05) is 0 Å². The van der Waals surface area contributed by atoms with Crippen LogP contribution < -0.4 is 0 Å². The summed E-state index contributed by atoms with van der Waals surface area (Å²) in [5.41, 5.74) is 0.573. The number of hydrogen-bond donors (Lipinski definition) is 2. The third kappa shape index (κ3) is 3.34. The maximum atomic E-state index is 10.9. The van der Waals surface area contributed by atoms with Gasteiger partial charge in [-0.2, -0.15) is 0 Å². The van der Waals surface area contributed by atoms with Gasteiger partial charge in [-0.25, -0.2) is 4.79 Å². The molecule has 0 spiro atoms. The predicted octanol–water partition coefficient (Wildman–Crippen LogP) is 1.43. The lowest BCUT2D eigenvalue weighted by Crippen LogP contribution is -2.11. The third-order valence-corrected chi connectivity index (χ3v) is 2.19. The van der Waals surface area contributed by atoms with E-state index >= 15 is 0 Å². The molecule has 2 N–H and O–H groups in total. The van der Waals surface area contributed by atoms with Gasteiger partial charge in [0.25, 0.3) is 0 Å². The van der Waals surface area contributed by atoms with Gasteiger partial charge in [0.15, 0.2) is 0 Å². The second-order valence-corrected chi connectivity index (χ2v) is 3.71. The molecule has 0 unspecified atom stereocenters. The van der Waals surface area contributed by atoms with E-state index in [0.717, 1.165) is 0 Å². The van der Waals surface area contributed by atoms with E-state index < -0.39 is 11.9 Å². The molecule has 16 heavy (non-hydrogen) atoms. The van der Waals surface area contributed by atoms with Gasteiger partial charge in [-0.15, -0.1) is 0 Å². The van der Waals surface area contributed by atoms with Gasteiger partial charge in [0.05, 0.1) is 11.3 Å². The number of aromatic nitrogens is 1. The van der Waals surface area contributed by atoms with Crippen LogP contribution in [0, 0.1) is 5.92 Å². The van der Waals surface area contributed by atoms with Gasteiger partial charge in [0.1, 0.15) is 0 Å². The van der Waals surface area contributed by atoms with Crippen LogP contribution in [0.25, 0.3) is 0 Å². The Hall–Kier alpha value is -1.91. The van der Waals surface area contributed by atoms with Gasteiger partial charge >= 0.3 is 11.9 Å². The number of rotatable bonds is 5. The summed E-state index contributed by atoms with van der Waals surface area (Å²) in [6.07, 6.45) is 1.87. The van der Waals surface area contributed by atoms with E-state index in [2.05, 4.69) is 4.98 Å².